The fourth-order valence-corrected chi connectivity index (χ4v) is 6.41. The lowest BCUT2D eigenvalue weighted by Gasteiger charge is -2.34. The van der Waals surface area contributed by atoms with Crippen LogP contribution in [0, 0.1) is 17.5 Å². The molecule has 274 valence electrons. The third-order valence-electron chi connectivity index (χ3n) is 8.04. The number of urea groups is 1. The molecule has 8 N–H and O–H groups in total. The summed E-state index contributed by atoms with van der Waals surface area (Å²) >= 11 is 6.01. The molecule has 23 heteroatoms. The second-order valence-electron chi connectivity index (χ2n) is 11.4. The molecule has 1 fully saturated rings. The monoisotopic (exact) mass is 770 g/mol. The first-order valence-electron chi connectivity index (χ1n) is 14.7. The van der Waals surface area contributed by atoms with E-state index in [1.54, 1.807) is 0 Å². The number of aromatic carboxylic acids is 1. The maximum Gasteiger partial charge on any atom is 0.547 e. The fraction of sp³-hybridized carbons (Fsp3) is 0.207. The van der Waals surface area contributed by atoms with E-state index in [-0.39, 0.29) is 29.2 Å². The number of carboxylic acids is 1. The lowest BCUT2D eigenvalue weighted by Crippen LogP contribution is -2.60. The van der Waals surface area contributed by atoms with Gasteiger partial charge in [-0.3, -0.25) is 23.8 Å². The number of benzene rings is 3. The second-order valence-corrected chi connectivity index (χ2v) is 13.3. The van der Waals surface area contributed by atoms with Crippen LogP contribution in [-0.2, 0) is 31.9 Å². The predicted octanol–water partition coefficient (Wildman–Crippen LogP) is 0.431. The average Bonchev–Trinajstić information content (AvgIpc) is 3.05. The molecule has 2 atom stereocenters. The van der Waals surface area contributed by atoms with Crippen LogP contribution in [-0.4, -0.2) is 95.8 Å². The van der Waals surface area contributed by atoms with Crippen molar-refractivity contribution in [3.8, 4) is 17.2 Å². The highest BCUT2D eigenvalue weighted by Crippen LogP contribution is 2.38. The van der Waals surface area contributed by atoms with Gasteiger partial charge >= 0.3 is 38.5 Å². The van der Waals surface area contributed by atoms with E-state index in [1.807, 2.05) is 5.32 Å². The van der Waals surface area contributed by atoms with E-state index in [0.29, 0.717) is 17.0 Å². The first-order valence-corrected chi connectivity index (χ1v) is 16.6. The number of halogens is 4. The molecule has 0 aliphatic carbocycles. The first-order chi connectivity index (χ1) is 24.3. The number of rotatable bonds is 8. The van der Waals surface area contributed by atoms with Crippen LogP contribution in [0.5, 0.6) is 17.2 Å². The highest BCUT2D eigenvalue weighted by molar-refractivity contribution is 7.60. The lowest BCUT2D eigenvalue weighted by atomic mass is 9.72. The van der Waals surface area contributed by atoms with E-state index < -0.39 is 121 Å². The second kappa shape index (κ2) is 14.4. The minimum absolute atomic E-state index is 0.00357. The summed E-state index contributed by atoms with van der Waals surface area (Å²) < 4.78 is 60.8. The number of imide groups is 1. The topological polar surface area (TPSA) is 264 Å². The number of carbonyl (C=O) groups excluding carboxylic acids is 4. The highest BCUT2D eigenvalue weighted by Gasteiger charge is 2.42. The van der Waals surface area contributed by atoms with Gasteiger partial charge in [0, 0.05) is 19.6 Å². The summed E-state index contributed by atoms with van der Waals surface area (Å²) in [6.07, 6.45) is -0.402. The zero-order chi connectivity index (χ0) is 38.4. The van der Waals surface area contributed by atoms with Gasteiger partial charge in [-0.05, 0) is 47.4 Å². The molecule has 0 bridgehead atoms. The van der Waals surface area contributed by atoms with E-state index in [2.05, 4.69) is 5.32 Å². The maximum absolute atomic E-state index is 14.9. The van der Waals surface area contributed by atoms with E-state index in [4.69, 9.17) is 16.3 Å². The summed E-state index contributed by atoms with van der Waals surface area (Å²) in [5.41, 5.74) is -1.55. The van der Waals surface area contributed by atoms with Crippen molar-refractivity contribution >= 4 is 61.3 Å². The van der Waals surface area contributed by atoms with Crippen molar-refractivity contribution in [1.29, 1.82) is 0 Å². The first kappa shape index (κ1) is 37.9. The molecule has 52 heavy (non-hydrogen) atoms. The third-order valence-corrected chi connectivity index (χ3v) is 9.47. The van der Waals surface area contributed by atoms with Gasteiger partial charge in [0.1, 0.15) is 40.1 Å². The molecule has 2 heterocycles. The molecule has 3 aromatic rings. The molecule has 2 aliphatic rings. The summed E-state index contributed by atoms with van der Waals surface area (Å²) in [5, 5.41) is 41.7. The predicted molar refractivity (Wildman–Crippen MR) is 169 cm³/mol. The van der Waals surface area contributed by atoms with Crippen LogP contribution in [0.15, 0.2) is 36.4 Å². The molecule has 0 radical (unpaired) electrons. The SMILES string of the molecule is O=C(O)c1c(F)ccc2c1OB(O)[C@@H](NC(=O)[C@H](NC(=O)N1CCN(Cc3ccc(O)c(O)c3Cl)C(=O)C1=O)c1cc(F)c(P(=O)(O)O)c(F)c1)C2. The smallest absolute Gasteiger partial charge is 0.534 e. The van der Waals surface area contributed by atoms with Crippen molar-refractivity contribution in [3.63, 3.8) is 0 Å². The Morgan fingerprint density at radius 1 is 1.02 bits per heavy atom. The Hall–Kier alpha value is -5.34. The zero-order valence-electron chi connectivity index (χ0n) is 25.9. The van der Waals surface area contributed by atoms with E-state index in [9.17, 15) is 71.8 Å². The van der Waals surface area contributed by atoms with Gasteiger partial charge in [0.2, 0.25) is 5.91 Å². The van der Waals surface area contributed by atoms with Gasteiger partial charge in [-0.25, -0.2) is 22.8 Å². The van der Waals surface area contributed by atoms with Crippen LogP contribution < -0.4 is 20.6 Å². The summed E-state index contributed by atoms with van der Waals surface area (Å²) in [5.74, 6) is -13.9. The van der Waals surface area contributed by atoms with Gasteiger partial charge in [0.25, 0.3) is 0 Å². The molecular formula is C29H24BClF3N4O13P. The molecule has 5 amide bonds. The molecule has 17 nitrogen and oxygen atoms in total. The van der Waals surface area contributed by atoms with Crippen molar-refractivity contribution < 1.29 is 76.5 Å². The Kier molecular flexibility index (Phi) is 10.5. The Balaban J connectivity index is 1.41. The Bertz CT molecular complexity index is 2070. The van der Waals surface area contributed by atoms with Crippen molar-refractivity contribution in [3.05, 3.63) is 81.1 Å². The minimum atomic E-state index is -5.54. The number of phenolic OH excluding ortho intramolecular Hbond substituents is 2. The van der Waals surface area contributed by atoms with Crippen LogP contribution in [0.1, 0.15) is 33.1 Å². The van der Waals surface area contributed by atoms with Crippen LogP contribution in [0.2, 0.25) is 5.02 Å². The van der Waals surface area contributed by atoms with Crippen molar-refractivity contribution in [1.82, 2.24) is 20.4 Å². The minimum Gasteiger partial charge on any atom is -0.534 e. The number of aromatic hydroxyl groups is 2. The molecule has 3 aromatic carbocycles. The van der Waals surface area contributed by atoms with E-state index in [0.717, 1.165) is 23.1 Å². The van der Waals surface area contributed by atoms with Gasteiger partial charge in [-0.15, -0.1) is 0 Å². The van der Waals surface area contributed by atoms with Crippen molar-refractivity contribution in [2.24, 2.45) is 0 Å². The number of carboxylic acid groups (broad SMARTS) is 1. The van der Waals surface area contributed by atoms with Crippen LogP contribution in [0.4, 0.5) is 18.0 Å². The van der Waals surface area contributed by atoms with Gasteiger partial charge in [0.15, 0.2) is 11.5 Å². The summed E-state index contributed by atoms with van der Waals surface area (Å²) in [7, 11) is -7.59. The quantitative estimate of drug-likeness (QED) is 0.0670. The standard InChI is InChI=1S/C29H24BClF3N4O13P/c31-20-12(2-4-17(39)22(20)40)10-37-5-6-38(27(43)26(37)42)29(46)36-21(13-7-15(33)24(16(34)8-13)52(48,49)50)25(41)35-18-9-11-1-3-14(32)19(28(44)45)23(11)51-30(18)47/h1-4,7-8,18,21,39-40,47H,5-6,9-10H2,(H,35,41)(H,36,46)(H,44,45)(H2,48,49,50)/t18-,21+/m0/s1. The summed E-state index contributed by atoms with van der Waals surface area (Å²) in [4.78, 5) is 84.6. The number of fused-ring (bicyclic) bond motifs is 1. The van der Waals surface area contributed by atoms with Gasteiger partial charge in [-0.2, -0.15) is 0 Å². The van der Waals surface area contributed by atoms with Gasteiger partial charge < -0.3 is 50.3 Å². The number of nitrogens with zero attached hydrogens (tertiary/aromatic N) is 2. The van der Waals surface area contributed by atoms with Crippen LogP contribution >= 0.6 is 19.2 Å². The van der Waals surface area contributed by atoms with E-state index >= 15 is 0 Å². The number of piperazine rings is 1. The molecule has 1 saturated heterocycles. The van der Waals surface area contributed by atoms with Crippen LogP contribution in [0.25, 0.3) is 0 Å². The largest absolute Gasteiger partial charge is 0.547 e. The van der Waals surface area contributed by atoms with E-state index in [1.165, 1.54) is 6.07 Å². The van der Waals surface area contributed by atoms with Gasteiger partial charge in [0.05, 0.1) is 11.0 Å². The Morgan fingerprint density at radius 2 is 1.67 bits per heavy atom. The zero-order valence-corrected chi connectivity index (χ0v) is 27.6. The normalized spacial score (nSPS) is 16.6. The van der Waals surface area contributed by atoms with Crippen molar-refractivity contribution in [2.75, 3.05) is 13.1 Å². The molecular weight excluding hydrogens is 747 g/mol. The molecule has 5 rings (SSSR count). The molecule has 2 aliphatic heterocycles. The molecule has 0 saturated carbocycles. The number of carbonyl (C=O) groups is 5. The molecule has 0 unspecified atom stereocenters. The number of hydrogen-bond acceptors (Lipinski definition) is 10. The Morgan fingerprint density at radius 3 is 2.29 bits per heavy atom. The average molecular weight is 771 g/mol. The number of nitrogens with one attached hydrogen (secondary N) is 2. The van der Waals surface area contributed by atoms with Crippen LogP contribution in [0.3, 0.4) is 0 Å². The fourth-order valence-electron chi connectivity index (χ4n) is 5.50. The number of hydrogen-bond donors (Lipinski definition) is 8. The molecule has 0 aromatic heterocycles. The number of amides is 5. The number of phenols is 2. The molecule has 0 spiro atoms. The highest BCUT2D eigenvalue weighted by atomic mass is 35.5. The Labute approximate surface area is 294 Å². The maximum atomic E-state index is 14.9. The van der Waals surface area contributed by atoms with Gasteiger partial charge in [-0.1, -0.05) is 23.7 Å². The summed E-state index contributed by atoms with van der Waals surface area (Å²) in [6.45, 7) is -1.19. The third kappa shape index (κ3) is 7.35. The lowest BCUT2D eigenvalue weighted by molar-refractivity contribution is -0.154. The summed E-state index contributed by atoms with van der Waals surface area (Å²) in [6, 6.07) is 1.23. The van der Waals surface area contributed by atoms with Crippen molar-refractivity contribution in [2.45, 2.75) is 24.9 Å².